The van der Waals surface area contributed by atoms with Gasteiger partial charge in [-0.2, -0.15) is 0 Å². The summed E-state index contributed by atoms with van der Waals surface area (Å²) in [5, 5.41) is 3.04. The second kappa shape index (κ2) is 8.96. The number of methoxy groups -OCH3 is 1. The van der Waals surface area contributed by atoms with E-state index >= 15 is 0 Å². The zero-order valence-electron chi connectivity index (χ0n) is 16.3. The highest BCUT2D eigenvalue weighted by molar-refractivity contribution is 6.35. The van der Waals surface area contributed by atoms with E-state index in [-0.39, 0.29) is 6.54 Å². The highest BCUT2D eigenvalue weighted by Gasteiger charge is 2.33. The molecule has 2 aromatic carbocycles. The fourth-order valence-corrected chi connectivity index (χ4v) is 3.31. The van der Waals surface area contributed by atoms with E-state index < -0.39 is 17.7 Å². The number of piperazine rings is 1. The van der Waals surface area contributed by atoms with Crippen molar-refractivity contribution >= 4 is 35.0 Å². The maximum absolute atomic E-state index is 12.4. The van der Waals surface area contributed by atoms with E-state index in [1.165, 1.54) is 16.9 Å². The molecular formula is C21H22ClN3O4. The van der Waals surface area contributed by atoms with E-state index in [0.717, 1.165) is 11.1 Å². The van der Waals surface area contributed by atoms with E-state index in [2.05, 4.69) is 5.32 Å². The molecule has 152 valence electrons. The highest BCUT2D eigenvalue weighted by Crippen LogP contribution is 2.27. The van der Waals surface area contributed by atoms with Crippen LogP contribution in [0.5, 0.6) is 5.75 Å². The van der Waals surface area contributed by atoms with Gasteiger partial charge in [0.05, 0.1) is 12.1 Å². The number of benzene rings is 2. The molecule has 0 unspecified atom stereocenters. The largest absolute Gasteiger partial charge is 0.495 e. The van der Waals surface area contributed by atoms with Gasteiger partial charge in [-0.15, -0.1) is 0 Å². The van der Waals surface area contributed by atoms with Gasteiger partial charge in [-0.3, -0.25) is 14.4 Å². The Kier molecular flexibility index (Phi) is 6.39. The van der Waals surface area contributed by atoms with Crippen LogP contribution in [0.2, 0.25) is 5.02 Å². The smallest absolute Gasteiger partial charge is 0.312 e. The summed E-state index contributed by atoms with van der Waals surface area (Å²) in [5.41, 5.74) is 2.57. The molecule has 1 heterocycles. The van der Waals surface area contributed by atoms with Gasteiger partial charge in [0.2, 0.25) is 5.91 Å². The number of aryl methyl sites for hydroxylation is 1. The second-order valence-corrected chi connectivity index (χ2v) is 7.24. The normalized spacial score (nSPS) is 14.2. The Morgan fingerprint density at radius 1 is 1.07 bits per heavy atom. The van der Waals surface area contributed by atoms with Crippen molar-refractivity contribution in [3.05, 3.63) is 58.6 Å². The molecular weight excluding hydrogens is 394 g/mol. The van der Waals surface area contributed by atoms with Crippen LogP contribution in [0, 0.1) is 6.92 Å². The van der Waals surface area contributed by atoms with Gasteiger partial charge in [0.15, 0.2) is 0 Å². The Hall–Kier alpha value is -3.06. The third kappa shape index (κ3) is 5.06. The molecule has 8 heteroatoms. The van der Waals surface area contributed by atoms with E-state index in [4.69, 9.17) is 16.3 Å². The summed E-state index contributed by atoms with van der Waals surface area (Å²) in [4.78, 5) is 39.9. The summed E-state index contributed by atoms with van der Waals surface area (Å²) < 4.78 is 5.07. The lowest BCUT2D eigenvalue weighted by Gasteiger charge is -2.33. The van der Waals surface area contributed by atoms with Gasteiger partial charge in [-0.25, -0.2) is 0 Å². The molecule has 7 nitrogen and oxygen atoms in total. The van der Waals surface area contributed by atoms with Gasteiger partial charge in [0.25, 0.3) is 0 Å². The summed E-state index contributed by atoms with van der Waals surface area (Å²) in [6.45, 7) is 2.83. The van der Waals surface area contributed by atoms with Crippen molar-refractivity contribution in [3.8, 4) is 5.75 Å². The molecule has 1 saturated heterocycles. The molecule has 0 atom stereocenters. The summed E-state index contributed by atoms with van der Waals surface area (Å²) >= 11 is 6.05. The lowest BCUT2D eigenvalue weighted by molar-refractivity contribution is -0.157. The van der Waals surface area contributed by atoms with Gasteiger partial charge in [0.1, 0.15) is 12.3 Å². The Bertz CT molecular complexity index is 930. The minimum Gasteiger partial charge on any atom is -0.495 e. The fourth-order valence-electron chi connectivity index (χ4n) is 3.05. The van der Waals surface area contributed by atoms with Gasteiger partial charge in [0, 0.05) is 25.3 Å². The molecule has 0 bridgehead atoms. The number of hydrogen-bond acceptors (Lipinski definition) is 4. The molecule has 29 heavy (non-hydrogen) atoms. The maximum atomic E-state index is 12.4. The number of ether oxygens (including phenoxy) is 1. The summed E-state index contributed by atoms with van der Waals surface area (Å²) in [6, 6.07) is 12.7. The fraction of sp³-hybridized carbons (Fsp3) is 0.286. The van der Waals surface area contributed by atoms with Crippen LogP contribution in [0.1, 0.15) is 11.1 Å². The van der Waals surface area contributed by atoms with Crippen LogP contribution >= 0.6 is 11.6 Å². The molecule has 0 radical (unpaired) electrons. The lowest BCUT2D eigenvalue weighted by atomic mass is 10.1. The number of carbonyl (C=O) groups excluding carboxylic acids is 3. The topological polar surface area (TPSA) is 79.0 Å². The van der Waals surface area contributed by atoms with Gasteiger partial charge in [-0.05, 0) is 30.7 Å². The van der Waals surface area contributed by atoms with Crippen molar-refractivity contribution < 1.29 is 19.1 Å². The van der Waals surface area contributed by atoms with E-state index in [9.17, 15) is 14.4 Å². The summed E-state index contributed by atoms with van der Waals surface area (Å²) in [7, 11) is 1.50. The quantitative estimate of drug-likeness (QED) is 0.735. The summed E-state index contributed by atoms with van der Waals surface area (Å²) in [5.74, 6) is -1.18. The molecule has 1 N–H and O–H groups in total. The predicted molar refractivity (Wildman–Crippen MR) is 110 cm³/mol. The molecule has 3 amide bonds. The first-order valence-electron chi connectivity index (χ1n) is 9.14. The number of rotatable bonds is 6. The lowest BCUT2D eigenvalue weighted by Crippen LogP contribution is -2.55. The van der Waals surface area contributed by atoms with Crippen molar-refractivity contribution in [1.82, 2.24) is 9.80 Å². The zero-order chi connectivity index (χ0) is 21.0. The molecule has 2 aromatic rings. The molecule has 0 saturated carbocycles. The van der Waals surface area contributed by atoms with E-state index in [0.29, 0.717) is 36.1 Å². The first-order valence-corrected chi connectivity index (χ1v) is 9.52. The molecule has 0 aromatic heterocycles. The van der Waals surface area contributed by atoms with Crippen molar-refractivity contribution in [2.75, 3.05) is 32.1 Å². The standard InChI is InChI=1S/C21H22ClN3O4/c1-14-3-5-15(6-4-14)12-24-9-10-25(21(28)20(24)27)13-19(26)23-16-7-8-18(29-2)17(22)11-16/h3-8,11H,9-10,12-13H2,1-2H3,(H,23,26). The minimum absolute atomic E-state index is 0.202. The maximum Gasteiger partial charge on any atom is 0.312 e. The average Bonchev–Trinajstić information content (AvgIpc) is 2.69. The highest BCUT2D eigenvalue weighted by atomic mass is 35.5. The van der Waals surface area contributed by atoms with Crippen LogP contribution in [-0.4, -0.2) is 54.3 Å². The van der Waals surface area contributed by atoms with E-state index in [1.54, 1.807) is 18.2 Å². The number of anilines is 1. The predicted octanol–water partition coefficient (Wildman–Crippen LogP) is 2.47. The van der Waals surface area contributed by atoms with Crippen LogP contribution in [0.25, 0.3) is 0 Å². The van der Waals surface area contributed by atoms with Gasteiger partial charge in [-0.1, -0.05) is 41.4 Å². The molecule has 1 aliphatic rings. The van der Waals surface area contributed by atoms with E-state index in [1.807, 2.05) is 31.2 Å². The second-order valence-electron chi connectivity index (χ2n) is 6.84. The van der Waals surface area contributed by atoms with Crippen molar-refractivity contribution in [2.45, 2.75) is 13.5 Å². The molecule has 3 rings (SSSR count). The Morgan fingerprint density at radius 3 is 2.38 bits per heavy atom. The van der Waals surface area contributed by atoms with Gasteiger partial charge >= 0.3 is 11.8 Å². The first-order chi connectivity index (χ1) is 13.9. The number of amides is 3. The van der Waals surface area contributed by atoms with Crippen molar-refractivity contribution in [3.63, 3.8) is 0 Å². The SMILES string of the molecule is COc1ccc(NC(=O)CN2CCN(Cc3ccc(C)cc3)C(=O)C2=O)cc1Cl. The minimum atomic E-state index is -0.675. The van der Waals surface area contributed by atoms with Gasteiger partial charge < -0.3 is 19.9 Å². The molecule has 0 spiro atoms. The number of carbonyl (C=O) groups is 3. The van der Waals surface area contributed by atoms with Crippen molar-refractivity contribution in [1.29, 1.82) is 0 Å². The number of hydrogen-bond donors (Lipinski definition) is 1. The Balaban J connectivity index is 1.56. The zero-order valence-corrected chi connectivity index (χ0v) is 17.0. The molecule has 1 fully saturated rings. The first kappa shape index (κ1) is 20.7. The Labute approximate surface area is 174 Å². The van der Waals surface area contributed by atoms with Crippen LogP contribution in [0.3, 0.4) is 0 Å². The third-order valence-corrected chi connectivity index (χ3v) is 4.96. The molecule has 0 aliphatic carbocycles. The van der Waals surface area contributed by atoms with Crippen LogP contribution in [-0.2, 0) is 20.9 Å². The Morgan fingerprint density at radius 2 is 1.72 bits per heavy atom. The number of halogens is 1. The number of nitrogens with one attached hydrogen (secondary N) is 1. The average molecular weight is 416 g/mol. The van der Waals surface area contributed by atoms with Crippen LogP contribution < -0.4 is 10.1 Å². The van der Waals surface area contributed by atoms with Crippen molar-refractivity contribution in [2.24, 2.45) is 0 Å². The number of nitrogens with zero attached hydrogens (tertiary/aromatic N) is 2. The van der Waals surface area contributed by atoms with Crippen LogP contribution in [0.4, 0.5) is 5.69 Å². The molecule has 1 aliphatic heterocycles. The third-order valence-electron chi connectivity index (χ3n) is 4.66. The van der Waals surface area contributed by atoms with Crippen LogP contribution in [0.15, 0.2) is 42.5 Å². The monoisotopic (exact) mass is 415 g/mol. The summed E-state index contributed by atoms with van der Waals surface area (Å²) in [6.07, 6.45) is 0.